The number of fused-ring (bicyclic) bond motifs is 1. The smallest absolute Gasteiger partial charge is 0.147 e. The molecule has 0 saturated heterocycles. The van der Waals surface area contributed by atoms with Gasteiger partial charge in [0.1, 0.15) is 17.1 Å². The van der Waals surface area contributed by atoms with Gasteiger partial charge in [0, 0.05) is 6.54 Å². The summed E-state index contributed by atoms with van der Waals surface area (Å²) in [7, 11) is 0. The van der Waals surface area contributed by atoms with Gasteiger partial charge in [-0.15, -0.1) is 11.6 Å². The SMILES string of the molecule is CC(C)Oc1cccc2c1nc(CCl)n2CC1(C)CCC1. The zero-order valence-electron chi connectivity index (χ0n) is 13.0. The van der Waals surface area contributed by atoms with E-state index in [-0.39, 0.29) is 6.10 Å². The van der Waals surface area contributed by atoms with Gasteiger partial charge in [-0.2, -0.15) is 0 Å². The number of halogens is 1. The summed E-state index contributed by atoms with van der Waals surface area (Å²) in [5.74, 6) is 2.23. The van der Waals surface area contributed by atoms with E-state index in [1.54, 1.807) is 0 Å². The number of aromatic nitrogens is 2. The van der Waals surface area contributed by atoms with Gasteiger partial charge in [-0.1, -0.05) is 19.4 Å². The highest BCUT2D eigenvalue weighted by Crippen LogP contribution is 2.43. The number of nitrogens with zero attached hydrogens (tertiary/aromatic N) is 2. The minimum atomic E-state index is 0.143. The zero-order chi connectivity index (χ0) is 15.0. The third-order valence-electron chi connectivity index (χ3n) is 4.40. The van der Waals surface area contributed by atoms with Crippen molar-refractivity contribution in [3.63, 3.8) is 0 Å². The molecule has 0 amide bonds. The molecule has 3 nitrogen and oxygen atoms in total. The molecule has 1 aliphatic carbocycles. The molecule has 0 atom stereocenters. The van der Waals surface area contributed by atoms with Crippen LogP contribution in [0.4, 0.5) is 0 Å². The van der Waals surface area contributed by atoms with Crippen molar-refractivity contribution in [2.45, 2.75) is 58.6 Å². The normalized spacial score (nSPS) is 17.2. The van der Waals surface area contributed by atoms with E-state index in [2.05, 4.69) is 17.6 Å². The first kappa shape index (κ1) is 14.7. The average molecular weight is 307 g/mol. The first-order valence-electron chi connectivity index (χ1n) is 7.73. The molecule has 4 heteroatoms. The average Bonchev–Trinajstić information content (AvgIpc) is 2.76. The van der Waals surface area contributed by atoms with Gasteiger partial charge in [0.15, 0.2) is 0 Å². The van der Waals surface area contributed by atoms with Crippen LogP contribution in [0.15, 0.2) is 18.2 Å². The molecule has 1 aromatic heterocycles. The van der Waals surface area contributed by atoms with Crippen LogP contribution in [0, 0.1) is 5.41 Å². The van der Waals surface area contributed by atoms with Gasteiger partial charge >= 0.3 is 0 Å². The molecular formula is C17H23ClN2O. The Morgan fingerprint density at radius 2 is 2.14 bits per heavy atom. The third-order valence-corrected chi connectivity index (χ3v) is 4.64. The molecule has 0 spiro atoms. The first-order chi connectivity index (χ1) is 10.0. The maximum atomic E-state index is 6.13. The fraction of sp³-hybridized carbons (Fsp3) is 0.588. The molecule has 1 fully saturated rings. The molecule has 3 rings (SSSR count). The Hall–Kier alpha value is -1.22. The highest BCUT2D eigenvalue weighted by atomic mass is 35.5. The Labute approximate surface area is 131 Å². The molecule has 1 saturated carbocycles. The predicted molar refractivity (Wildman–Crippen MR) is 87.0 cm³/mol. The monoisotopic (exact) mass is 306 g/mol. The molecule has 0 aliphatic heterocycles. The van der Waals surface area contributed by atoms with Crippen LogP contribution in [0.5, 0.6) is 5.75 Å². The van der Waals surface area contributed by atoms with E-state index in [0.717, 1.165) is 29.2 Å². The van der Waals surface area contributed by atoms with E-state index in [9.17, 15) is 0 Å². The minimum absolute atomic E-state index is 0.143. The molecule has 2 aromatic rings. The van der Waals surface area contributed by atoms with Crippen LogP contribution in [-0.4, -0.2) is 15.7 Å². The van der Waals surface area contributed by atoms with E-state index in [1.165, 1.54) is 19.3 Å². The molecule has 0 bridgehead atoms. The summed E-state index contributed by atoms with van der Waals surface area (Å²) in [6.07, 6.45) is 4.05. The molecule has 1 heterocycles. The second-order valence-electron chi connectivity index (χ2n) is 6.70. The summed E-state index contributed by atoms with van der Waals surface area (Å²) in [4.78, 5) is 4.73. The van der Waals surface area contributed by atoms with E-state index < -0.39 is 0 Å². The molecule has 1 aliphatic rings. The lowest BCUT2D eigenvalue weighted by atomic mass is 9.70. The van der Waals surface area contributed by atoms with Gasteiger partial charge < -0.3 is 9.30 Å². The lowest BCUT2D eigenvalue weighted by molar-refractivity contribution is 0.133. The van der Waals surface area contributed by atoms with Gasteiger partial charge in [0.05, 0.1) is 17.5 Å². The molecule has 0 N–H and O–H groups in total. The number of para-hydroxylation sites is 1. The fourth-order valence-electron chi connectivity index (χ4n) is 3.12. The van der Waals surface area contributed by atoms with Crippen molar-refractivity contribution >= 4 is 22.6 Å². The van der Waals surface area contributed by atoms with Gasteiger partial charge in [0.2, 0.25) is 0 Å². The van der Waals surface area contributed by atoms with Crippen molar-refractivity contribution in [3.05, 3.63) is 24.0 Å². The molecule has 21 heavy (non-hydrogen) atoms. The van der Waals surface area contributed by atoms with Crippen molar-refractivity contribution in [1.29, 1.82) is 0 Å². The molecule has 0 radical (unpaired) electrons. The third kappa shape index (κ3) is 2.76. The molecule has 114 valence electrons. The zero-order valence-corrected chi connectivity index (χ0v) is 13.8. The Kier molecular flexibility index (Phi) is 3.87. The molecule has 1 aromatic carbocycles. The summed E-state index contributed by atoms with van der Waals surface area (Å²) >= 11 is 6.13. The van der Waals surface area contributed by atoms with E-state index in [1.807, 2.05) is 26.0 Å². The van der Waals surface area contributed by atoms with Crippen molar-refractivity contribution in [3.8, 4) is 5.75 Å². The van der Waals surface area contributed by atoms with Crippen LogP contribution in [-0.2, 0) is 12.4 Å². The first-order valence-corrected chi connectivity index (χ1v) is 8.27. The standard InChI is InChI=1S/C17H23ClN2O/c1-12(2)21-14-7-4-6-13-16(14)19-15(10-18)20(13)11-17(3)8-5-9-17/h4,6-7,12H,5,8-11H2,1-3H3. The maximum absolute atomic E-state index is 6.13. The number of hydrogen-bond donors (Lipinski definition) is 0. The number of alkyl halides is 1. The lowest BCUT2D eigenvalue weighted by Gasteiger charge is -2.39. The van der Waals surface area contributed by atoms with Crippen molar-refractivity contribution in [1.82, 2.24) is 9.55 Å². The lowest BCUT2D eigenvalue weighted by Crippen LogP contribution is -2.31. The number of rotatable bonds is 5. The summed E-state index contributed by atoms with van der Waals surface area (Å²) in [5, 5.41) is 0. The second-order valence-corrected chi connectivity index (χ2v) is 6.97. The van der Waals surface area contributed by atoms with Crippen LogP contribution in [0.3, 0.4) is 0 Å². The van der Waals surface area contributed by atoms with Crippen molar-refractivity contribution in [2.24, 2.45) is 5.41 Å². The van der Waals surface area contributed by atoms with E-state index >= 15 is 0 Å². The number of hydrogen-bond acceptors (Lipinski definition) is 2. The van der Waals surface area contributed by atoms with E-state index in [0.29, 0.717) is 11.3 Å². The van der Waals surface area contributed by atoms with Crippen LogP contribution in [0.2, 0.25) is 0 Å². The maximum Gasteiger partial charge on any atom is 0.147 e. The van der Waals surface area contributed by atoms with Gasteiger partial charge in [-0.3, -0.25) is 0 Å². The summed E-state index contributed by atoms with van der Waals surface area (Å²) in [6, 6.07) is 6.15. The summed E-state index contributed by atoms with van der Waals surface area (Å²) in [5.41, 5.74) is 2.46. The molecular weight excluding hydrogens is 284 g/mol. The highest BCUT2D eigenvalue weighted by Gasteiger charge is 2.33. The van der Waals surface area contributed by atoms with Crippen LogP contribution < -0.4 is 4.74 Å². The van der Waals surface area contributed by atoms with Gasteiger partial charge in [-0.05, 0) is 44.2 Å². The number of imidazole rings is 1. The Morgan fingerprint density at radius 3 is 2.71 bits per heavy atom. The predicted octanol–water partition coefficient (Wildman–Crippen LogP) is 4.75. The van der Waals surface area contributed by atoms with Crippen LogP contribution in [0.25, 0.3) is 11.0 Å². The van der Waals surface area contributed by atoms with Gasteiger partial charge in [0.25, 0.3) is 0 Å². The Balaban J connectivity index is 2.05. The van der Waals surface area contributed by atoms with Crippen molar-refractivity contribution < 1.29 is 4.74 Å². The van der Waals surface area contributed by atoms with Crippen molar-refractivity contribution in [2.75, 3.05) is 0 Å². The Bertz CT molecular complexity index is 644. The number of ether oxygens (including phenoxy) is 1. The van der Waals surface area contributed by atoms with Crippen LogP contribution >= 0.6 is 11.6 Å². The second kappa shape index (κ2) is 5.53. The highest BCUT2D eigenvalue weighted by molar-refractivity contribution is 6.16. The largest absolute Gasteiger partial charge is 0.489 e. The summed E-state index contributed by atoms with van der Waals surface area (Å²) < 4.78 is 8.18. The molecule has 0 unspecified atom stereocenters. The fourth-order valence-corrected chi connectivity index (χ4v) is 3.32. The minimum Gasteiger partial charge on any atom is -0.489 e. The topological polar surface area (TPSA) is 27.1 Å². The van der Waals surface area contributed by atoms with E-state index in [4.69, 9.17) is 21.3 Å². The summed E-state index contributed by atoms with van der Waals surface area (Å²) in [6.45, 7) is 7.42. The van der Waals surface area contributed by atoms with Crippen LogP contribution in [0.1, 0.15) is 45.9 Å². The number of benzene rings is 1. The Morgan fingerprint density at radius 1 is 1.38 bits per heavy atom. The van der Waals surface area contributed by atoms with Gasteiger partial charge in [-0.25, -0.2) is 4.98 Å². The quantitative estimate of drug-likeness (QED) is 0.745.